The first-order chi connectivity index (χ1) is 11.2. The molecule has 0 aromatic heterocycles. The molecule has 1 N–H and O–H groups in total. The number of ether oxygens (including phenoxy) is 2. The maximum atomic E-state index is 10.9. The van der Waals surface area contributed by atoms with E-state index in [0.717, 1.165) is 44.9 Å². The van der Waals surface area contributed by atoms with Gasteiger partial charge in [0.1, 0.15) is 6.10 Å². The van der Waals surface area contributed by atoms with Gasteiger partial charge < -0.3 is 14.6 Å². The normalized spacial score (nSPS) is 21.5. The van der Waals surface area contributed by atoms with Crippen molar-refractivity contribution in [3.63, 3.8) is 0 Å². The predicted octanol–water partition coefficient (Wildman–Crippen LogP) is 4.15. The molecule has 4 nitrogen and oxygen atoms in total. The maximum Gasteiger partial charge on any atom is 0.305 e. The third-order valence-corrected chi connectivity index (χ3v) is 4.35. The van der Waals surface area contributed by atoms with E-state index < -0.39 is 0 Å². The number of hydrogen-bond donors (Lipinski definition) is 1. The Bertz CT molecular complexity index is 340. The van der Waals surface area contributed by atoms with Crippen molar-refractivity contribution < 1.29 is 19.4 Å². The molecular weight excluding hydrogens is 292 g/mol. The number of methoxy groups -OCH3 is 1. The lowest BCUT2D eigenvalue weighted by Gasteiger charge is -2.05. The Balaban J connectivity index is 1.92. The lowest BCUT2D eigenvalue weighted by molar-refractivity contribution is -0.140. The van der Waals surface area contributed by atoms with Gasteiger partial charge in [0, 0.05) is 6.42 Å². The van der Waals surface area contributed by atoms with Crippen LogP contribution in [0.5, 0.6) is 0 Å². The summed E-state index contributed by atoms with van der Waals surface area (Å²) in [5, 5.41) is 9.93. The minimum Gasteiger partial charge on any atom is -0.469 e. The van der Waals surface area contributed by atoms with Crippen LogP contribution in [0.3, 0.4) is 0 Å². The highest BCUT2D eigenvalue weighted by molar-refractivity contribution is 5.68. The van der Waals surface area contributed by atoms with Crippen LogP contribution in [-0.2, 0) is 14.3 Å². The van der Waals surface area contributed by atoms with Crippen molar-refractivity contribution in [3.8, 4) is 0 Å². The van der Waals surface area contributed by atoms with Crippen molar-refractivity contribution in [3.05, 3.63) is 12.2 Å². The zero-order valence-electron chi connectivity index (χ0n) is 14.8. The predicted molar refractivity (Wildman–Crippen MR) is 92.3 cm³/mol. The second kappa shape index (κ2) is 12.5. The number of hydrogen-bond acceptors (Lipinski definition) is 4. The number of unbranched alkanes of at least 4 members (excludes halogenated alkanes) is 6. The molecule has 0 unspecified atom stereocenters. The fourth-order valence-corrected chi connectivity index (χ4v) is 2.74. The van der Waals surface area contributed by atoms with Crippen LogP contribution in [0.4, 0.5) is 0 Å². The van der Waals surface area contributed by atoms with Crippen LogP contribution in [0.2, 0.25) is 0 Å². The highest BCUT2D eigenvalue weighted by atomic mass is 16.6. The van der Waals surface area contributed by atoms with E-state index in [1.54, 1.807) is 0 Å². The lowest BCUT2D eigenvalue weighted by Crippen LogP contribution is -2.03. The van der Waals surface area contributed by atoms with E-state index in [4.69, 9.17) is 4.74 Å². The van der Waals surface area contributed by atoms with Crippen LogP contribution in [0.25, 0.3) is 0 Å². The zero-order chi connectivity index (χ0) is 16.9. The van der Waals surface area contributed by atoms with Crippen molar-refractivity contribution >= 4 is 5.97 Å². The van der Waals surface area contributed by atoms with Crippen LogP contribution in [-0.4, -0.2) is 36.5 Å². The minimum atomic E-state index is -0.356. The van der Waals surface area contributed by atoms with Gasteiger partial charge >= 0.3 is 5.97 Å². The molecule has 0 saturated carbocycles. The van der Waals surface area contributed by atoms with Gasteiger partial charge in [-0.05, 0) is 19.3 Å². The first-order valence-corrected chi connectivity index (χ1v) is 9.26. The highest BCUT2D eigenvalue weighted by Crippen LogP contribution is 2.28. The van der Waals surface area contributed by atoms with Crippen LogP contribution >= 0.6 is 0 Å². The first kappa shape index (κ1) is 20.2. The molecule has 1 aliphatic rings. The van der Waals surface area contributed by atoms with Gasteiger partial charge in [0.2, 0.25) is 0 Å². The lowest BCUT2D eigenvalue weighted by atomic mass is 10.1. The molecule has 4 heteroatoms. The van der Waals surface area contributed by atoms with Crippen LogP contribution in [0.1, 0.15) is 77.6 Å². The summed E-state index contributed by atoms with van der Waals surface area (Å²) in [5.41, 5.74) is 0. The molecule has 134 valence electrons. The van der Waals surface area contributed by atoms with Gasteiger partial charge in [0.05, 0.1) is 19.3 Å². The number of aliphatic hydroxyl groups excluding tert-OH is 1. The molecule has 0 amide bonds. The fraction of sp³-hybridized carbons (Fsp3) is 0.842. The minimum absolute atomic E-state index is 0.124. The number of carbonyl (C=O) groups excluding carboxylic acids is 1. The molecule has 1 rings (SSSR count). The molecule has 1 saturated heterocycles. The summed E-state index contributed by atoms with van der Waals surface area (Å²) in [6, 6.07) is 0. The van der Waals surface area contributed by atoms with E-state index >= 15 is 0 Å². The van der Waals surface area contributed by atoms with Crippen molar-refractivity contribution in [1.82, 2.24) is 0 Å². The molecular formula is C19H34O4. The number of rotatable bonds is 14. The molecule has 0 bridgehead atoms. The molecule has 0 aliphatic carbocycles. The van der Waals surface area contributed by atoms with Gasteiger partial charge in [-0.25, -0.2) is 0 Å². The Kier molecular flexibility index (Phi) is 11.0. The molecule has 0 aromatic rings. The Morgan fingerprint density at radius 3 is 2.65 bits per heavy atom. The standard InChI is InChI=1S/C19H34O4/c1-3-4-8-12-17-18(23-17)15-14-16(20)11-9-6-5-7-10-13-19(21)22-2/h14-18,20H,3-13H2,1-2H3/b15-14+/t16-,17-,18+/m1/s1. The summed E-state index contributed by atoms with van der Waals surface area (Å²) in [4.78, 5) is 10.9. The van der Waals surface area contributed by atoms with Crippen LogP contribution in [0.15, 0.2) is 12.2 Å². The topological polar surface area (TPSA) is 59.1 Å². The van der Waals surface area contributed by atoms with Crippen molar-refractivity contribution in [2.45, 2.75) is 95.9 Å². The Labute approximate surface area is 141 Å². The fourth-order valence-electron chi connectivity index (χ4n) is 2.74. The van der Waals surface area contributed by atoms with E-state index in [1.807, 2.05) is 12.2 Å². The van der Waals surface area contributed by atoms with Crippen LogP contribution < -0.4 is 0 Å². The highest BCUT2D eigenvalue weighted by Gasteiger charge is 2.35. The van der Waals surface area contributed by atoms with Crippen molar-refractivity contribution in [1.29, 1.82) is 0 Å². The van der Waals surface area contributed by atoms with Gasteiger partial charge in [-0.15, -0.1) is 0 Å². The molecule has 0 spiro atoms. The Morgan fingerprint density at radius 2 is 1.91 bits per heavy atom. The smallest absolute Gasteiger partial charge is 0.305 e. The zero-order valence-corrected chi connectivity index (χ0v) is 14.8. The number of esters is 1. The Hall–Kier alpha value is -0.870. The average Bonchev–Trinajstić information content (AvgIpc) is 3.30. The summed E-state index contributed by atoms with van der Waals surface area (Å²) < 4.78 is 10.2. The molecule has 1 heterocycles. The summed E-state index contributed by atoms with van der Waals surface area (Å²) in [5.74, 6) is -0.124. The van der Waals surface area contributed by atoms with Crippen molar-refractivity contribution in [2.75, 3.05) is 7.11 Å². The molecule has 23 heavy (non-hydrogen) atoms. The quantitative estimate of drug-likeness (QED) is 0.225. The molecule has 1 aliphatic heterocycles. The number of epoxide rings is 1. The van der Waals surface area contributed by atoms with Gasteiger partial charge in [-0.3, -0.25) is 4.79 Å². The monoisotopic (exact) mass is 326 g/mol. The summed E-state index contributed by atoms with van der Waals surface area (Å²) in [6.45, 7) is 2.21. The van der Waals surface area contributed by atoms with Gasteiger partial charge in [-0.1, -0.05) is 64.0 Å². The van der Waals surface area contributed by atoms with E-state index in [0.29, 0.717) is 12.5 Å². The van der Waals surface area contributed by atoms with Gasteiger partial charge in [-0.2, -0.15) is 0 Å². The van der Waals surface area contributed by atoms with E-state index in [-0.39, 0.29) is 18.2 Å². The number of aliphatic hydroxyl groups is 1. The van der Waals surface area contributed by atoms with Gasteiger partial charge in [0.25, 0.3) is 0 Å². The summed E-state index contributed by atoms with van der Waals surface area (Å²) >= 11 is 0. The van der Waals surface area contributed by atoms with Gasteiger partial charge in [0.15, 0.2) is 0 Å². The second-order valence-corrected chi connectivity index (χ2v) is 6.47. The summed E-state index contributed by atoms with van der Waals surface area (Å²) in [6.07, 6.45) is 15.6. The first-order valence-electron chi connectivity index (χ1n) is 9.26. The third kappa shape index (κ3) is 10.5. The second-order valence-electron chi connectivity index (χ2n) is 6.47. The van der Waals surface area contributed by atoms with E-state index in [2.05, 4.69) is 11.7 Å². The maximum absolute atomic E-state index is 10.9. The van der Waals surface area contributed by atoms with E-state index in [9.17, 15) is 9.90 Å². The molecule has 3 atom stereocenters. The largest absolute Gasteiger partial charge is 0.469 e. The SMILES string of the molecule is CCCCC[C@H]1O[C@H]1/C=C/[C@H](O)CCCCCCCC(=O)OC. The van der Waals surface area contributed by atoms with Crippen LogP contribution in [0, 0.1) is 0 Å². The molecule has 1 fully saturated rings. The molecule has 0 radical (unpaired) electrons. The average molecular weight is 326 g/mol. The molecule has 0 aromatic carbocycles. The summed E-state index contributed by atoms with van der Waals surface area (Å²) in [7, 11) is 1.43. The third-order valence-electron chi connectivity index (χ3n) is 4.35. The Morgan fingerprint density at radius 1 is 1.17 bits per heavy atom. The number of carbonyl (C=O) groups is 1. The van der Waals surface area contributed by atoms with Crippen molar-refractivity contribution in [2.24, 2.45) is 0 Å². The van der Waals surface area contributed by atoms with E-state index in [1.165, 1.54) is 26.4 Å².